The zero-order valence-corrected chi connectivity index (χ0v) is 13.4. The molecule has 0 saturated carbocycles. The quantitative estimate of drug-likeness (QED) is 0.875. The first kappa shape index (κ1) is 16.3. The average Bonchev–Trinajstić information content (AvgIpc) is 2.48. The molecule has 1 saturated heterocycles. The summed E-state index contributed by atoms with van der Waals surface area (Å²) in [7, 11) is 0. The molecule has 2 unspecified atom stereocenters. The number of ether oxygens (including phenoxy) is 2. The summed E-state index contributed by atoms with van der Waals surface area (Å²) < 4.78 is 11.6. The van der Waals surface area contributed by atoms with Gasteiger partial charge in [0.1, 0.15) is 5.75 Å². The molecule has 4 heteroatoms. The lowest BCUT2D eigenvalue weighted by Crippen LogP contribution is -2.48. The third kappa shape index (κ3) is 4.19. The molecule has 1 aliphatic rings. The normalized spacial score (nSPS) is 23.5. The summed E-state index contributed by atoms with van der Waals surface area (Å²) in [5.74, 6) is 0.914. The fourth-order valence-corrected chi connectivity index (χ4v) is 2.96. The van der Waals surface area contributed by atoms with Gasteiger partial charge in [0.2, 0.25) is 0 Å². The van der Waals surface area contributed by atoms with Crippen LogP contribution >= 0.6 is 0 Å². The van der Waals surface area contributed by atoms with Crippen LogP contribution < -0.4 is 10.5 Å². The third-order valence-corrected chi connectivity index (χ3v) is 3.79. The lowest BCUT2D eigenvalue weighted by Gasteiger charge is -2.41. The Morgan fingerprint density at radius 3 is 2.62 bits per heavy atom. The Morgan fingerprint density at radius 2 is 2.05 bits per heavy atom. The van der Waals surface area contributed by atoms with Crippen molar-refractivity contribution < 1.29 is 9.47 Å². The molecule has 1 heterocycles. The second-order valence-electron chi connectivity index (χ2n) is 5.86. The van der Waals surface area contributed by atoms with E-state index >= 15 is 0 Å². The number of hydrogen-bond donors (Lipinski definition) is 1. The molecular formula is C17H28N2O2. The molecule has 1 aromatic carbocycles. The summed E-state index contributed by atoms with van der Waals surface area (Å²) in [6.07, 6.45) is 1.41. The van der Waals surface area contributed by atoms with Crippen molar-refractivity contribution in [1.82, 2.24) is 4.90 Å². The molecule has 21 heavy (non-hydrogen) atoms. The topological polar surface area (TPSA) is 47.7 Å². The van der Waals surface area contributed by atoms with Crippen molar-refractivity contribution in [3.8, 4) is 5.75 Å². The van der Waals surface area contributed by atoms with Gasteiger partial charge in [-0.15, -0.1) is 0 Å². The number of nitrogens with two attached hydrogens (primary N) is 1. The summed E-state index contributed by atoms with van der Waals surface area (Å²) in [5, 5.41) is 0. The van der Waals surface area contributed by atoms with E-state index in [9.17, 15) is 0 Å². The van der Waals surface area contributed by atoms with E-state index in [1.54, 1.807) is 0 Å². The fourth-order valence-electron chi connectivity index (χ4n) is 2.96. The van der Waals surface area contributed by atoms with E-state index in [1.165, 1.54) is 5.56 Å². The van der Waals surface area contributed by atoms with E-state index in [2.05, 4.69) is 24.0 Å². The fraction of sp³-hybridized carbons (Fsp3) is 0.647. The second kappa shape index (κ2) is 7.78. The number of hydrogen-bond acceptors (Lipinski definition) is 4. The maximum atomic E-state index is 5.91. The molecule has 1 aromatic rings. The predicted molar refractivity (Wildman–Crippen MR) is 85.6 cm³/mol. The standard InChI is InChI=1S/C17H28N2O2/c1-4-9-19-10-11-20-16(12-18)17(19)14-5-7-15(8-6-14)21-13(2)3/h5-8,13,16-17H,4,9-12,18H2,1-3H3. The van der Waals surface area contributed by atoms with Gasteiger partial charge in [-0.05, 0) is 44.5 Å². The Morgan fingerprint density at radius 1 is 1.33 bits per heavy atom. The zero-order chi connectivity index (χ0) is 15.2. The van der Waals surface area contributed by atoms with Gasteiger partial charge in [-0.3, -0.25) is 4.90 Å². The molecule has 1 fully saturated rings. The van der Waals surface area contributed by atoms with Gasteiger partial charge in [0.15, 0.2) is 0 Å². The third-order valence-electron chi connectivity index (χ3n) is 3.79. The van der Waals surface area contributed by atoms with E-state index < -0.39 is 0 Å². The molecule has 0 aliphatic carbocycles. The highest BCUT2D eigenvalue weighted by atomic mass is 16.5. The van der Waals surface area contributed by atoms with Crippen molar-refractivity contribution in [2.75, 3.05) is 26.2 Å². The lowest BCUT2D eigenvalue weighted by molar-refractivity contribution is -0.0676. The summed E-state index contributed by atoms with van der Waals surface area (Å²) in [4.78, 5) is 2.49. The summed E-state index contributed by atoms with van der Waals surface area (Å²) in [5.41, 5.74) is 7.17. The molecular weight excluding hydrogens is 264 g/mol. The van der Waals surface area contributed by atoms with Crippen LogP contribution in [0.4, 0.5) is 0 Å². The summed E-state index contributed by atoms with van der Waals surface area (Å²) in [6.45, 7) is 9.66. The number of morpholine rings is 1. The van der Waals surface area contributed by atoms with Crippen molar-refractivity contribution in [3.05, 3.63) is 29.8 Å². The van der Waals surface area contributed by atoms with Crippen molar-refractivity contribution in [3.63, 3.8) is 0 Å². The second-order valence-corrected chi connectivity index (χ2v) is 5.86. The smallest absolute Gasteiger partial charge is 0.119 e. The average molecular weight is 292 g/mol. The monoisotopic (exact) mass is 292 g/mol. The van der Waals surface area contributed by atoms with Gasteiger partial charge in [0, 0.05) is 13.1 Å². The molecule has 2 N–H and O–H groups in total. The Balaban J connectivity index is 2.17. The van der Waals surface area contributed by atoms with Gasteiger partial charge in [-0.1, -0.05) is 19.1 Å². The highest BCUT2D eigenvalue weighted by Gasteiger charge is 2.32. The minimum Gasteiger partial charge on any atom is -0.491 e. The van der Waals surface area contributed by atoms with E-state index in [4.69, 9.17) is 15.2 Å². The van der Waals surface area contributed by atoms with Crippen molar-refractivity contribution in [1.29, 1.82) is 0 Å². The van der Waals surface area contributed by atoms with Gasteiger partial charge in [-0.25, -0.2) is 0 Å². The van der Waals surface area contributed by atoms with Crippen LogP contribution in [-0.4, -0.2) is 43.3 Å². The van der Waals surface area contributed by atoms with E-state index in [1.807, 2.05) is 26.0 Å². The molecule has 0 amide bonds. The van der Waals surface area contributed by atoms with Gasteiger partial charge < -0.3 is 15.2 Å². The van der Waals surface area contributed by atoms with Crippen molar-refractivity contribution in [2.45, 2.75) is 45.4 Å². The van der Waals surface area contributed by atoms with E-state index in [0.29, 0.717) is 6.54 Å². The van der Waals surface area contributed by atoms with Gasteiger partial charge in [-0.2, -0.15) is 0 Å². The molecule has 0 bridgehead atoms. The molecule has 4 nitrogen and oxygen atoms in total. The molecule has 2 rings (SSSR count). The predicted octanol–water partition coefficient (Wildman–Crippen LogP) is 2.58. The van der Waals surface area contributed by atoms with E-state index in [0.717, 1.165) is 31.9 Å². The van der Waals surface area contributed by atoms with Crippen LogP contribution in [0.5, 0.6) is 5.75 Å². The Labute approximate surface area is 128 Å². The minimum atomic E-state index is 0.0715. The first-order chi connectivity index (χ1) is 10.2. The zero-order valence-electron chi connectivity index (χ0n) is 13.4. The molecule has 1 aliphatic heterocycles. The van der Waals surface area contributed by atoms with Gasteiger partial charge in [0.25, 0.3) is 0 Å². The molecule has 118 valence electrons. The number of benzene rings is 1. The lowest BCUT2D eigenvalue weighted by atomic mass is 9.97. The number of rotatable bonds is 6. The van der Waals surface area contributed by atoms with Crippen LogP contribution in [0.1, 0.15) is 38.8 Å². The molecule has 0 radical (unpaired) electrons. The highest BCUT2D eigenvalue weighted by molar-refractivity contribution is 5.30. The maximum Gasteiger partial charge on any atom is 0.119 e. The van der Waals surface area contributed by atoms with Crippen LogP contribution in [0.15, 0.2) is 24.3 Å². The van der Waals surface area contributed by atoms with Crippen molar-refractivity contribution >= 4 is 0 Å². The Hall–Kier alpha value is -1.10. The SMILES string of the molecule is CCCN1CCOC(CN)C1c1ccc(OC(C)C)cc1. The van der Waals surface area contributed by atoms with Gasteiger partial charge in [0.05, 0.1) is 24.9 Å². The van der Waals surface area contributed by atoms with E-state index in [-0.39, 0.29) is 18.2 Å². The number of nitrogens with zero attached hydrogens (tertiary/aromatic N) is 1. The van der Waals surface area contributed by atoms with Gasteiger partial charge >= 0.3 is 0 Å². The Bertz CT molecular complexity index is 417. The minimum absolute atomic E-state index is 0.0715. The maximum absolute atomic E-state index is 5.91. The highest BCUT2D eigenvalue weighted by Crippen LogP contribution is 2.30. The first-order valence-corrected chi connectivity index (χ1v) is 7.98. The van der Waals surface area contributed by atoms with Crippen LogP contribution in [0.2, 0.25) is 0 Å². The molecule has 0 spiro atoms. The van der Waals surface area contributed by atoms with Crippen LogP contribution in [-0.2, 0) is 4.74 Å². The van der Waals surface area contributed by atoms with Crippen LogP contribution in [0, 0.1) is 0 Å². The van der Waals surface area contributed by atoms with Crippen molar-refractivity contribution in [2.24, 2.45) is 5.73 Å². The largest absolute Gasteiger partial charge is 0.491 e. The summed E-state index contributed by atoms with van der Waals surface area (Å²) in [6, 6.07) is 8.62. The molecule has 0 aromatic heterocycles. The van der Waals surface area contributed by atoms with Crippen LogP contribution in [0.3, 0.4) is 0 Å². The Kier molecular flexibility index (Phi) is 6.03. The first-order valence-electron chi connectivity index (χ1n) is 7.98. The summed E-state index contributed by atoms with van der Waals surface area (Å²) >= 11 is 0. The van der Waals surface area contributed by atoms with Crippen LogP contribution in [0.25, 0.3) is 0 Å². The molecule has 2 atom stereocenters.